The van der Waals surface area contributed by atoms with Gasteiger partial charge in [0.2, 0.25) is 6.79 Å². The highest BCUT2D eigenvalue weighted by molar-refractivity contribution is 5.91. The molecule has 7 heteroatoms. The number of amides is 1. The number of benzene rings is 2. The van der Waals surface area contributed by atoms with Crippen molar-refractivity contribution < 1.29 is 28.2 Å². The van der Waals surface area contributed by atoms with Gasteiger partial charge in [-0.05, 0) is 61.1 Å². The Bertz CT molecular complexity index is 1210. The standard InChI is InChI=1S/C30H35NO6/c1-21(2)28-18-30(13-16-35-28,23-7-4-5-8-24(23)33-3)12-14-31(29(32)26-9-6-15-34-26)19-22-10-11-25-27(17-22)37-20-36-25/h4-11,15,17,21,28H,12-14,16,18-20H2,1-3H3/t28-,30-/m1/s1. The monoisotopic (exact) mass is 505 g/mol. The molecule has 2 aliphatic rings. The summed E-state index contributed by atoms with van der Waals surface area (Å²) in [7, 11) is 1.72. The highest BCUT2D eigenvalue weighted by Gasteiger charge is 2.41. The van der Waals surface area contributed by atoms with Crippen LogP contribution in [0.3, 0.4) is 0 Å². The minimum atomic E-state index is -0.184. The fourth-order valence-corrected chi connectivity index (χ4v) is 5.49. The Hall–Kier alpha value is -3.45. The van der Waals surface area contributed by atoms with Crippen molar-refractivity contribution in [3.05, 3.63) is 77.7 Å². The van der Waals surface area contributed by atoms with Crippen molar-refractivity contribution >= 4 is 5.91 Å². The lowest BCUT2D eigenvalue weighted by molar-refractivity contribution is -0.0488. The van der Waals surface area contributed by atoms with Gasteiger partial charge in [-0.25, -0.2) is 0 Å². The van der Waals surface area contributed by atoms with Crippen LogP contribution in [0.5, 0.6) is 17.2 Å². The van der Waals surface area contributed by atoms with Crippen molar-refractivity contribution in [2.45, 2.75) is 51.2 Å². The first-order valence-electron chi connectivity index (χ1n) is 13.0. The molecule has 0 aliphatic carbocycles. The van der Waals surface area contributed by atoms with Crippen LogP contribution in [-0.4, -0.2) is 44.0 Å². The average molecular weight is 506 g/mol. The number of methoxy groups -OCH3 is 1. The molecule has 5 rings (SSSR count). The van der Waals surface area contributed by atoms with Crippen LogP contribution in [0.2, 0.25) is 0 Å². The smallest absolute Gasteiger partial charge is 0.289 e. The van der Waals surface area contributed by atoms with Gasteiger partial charge in [0, 0.05) is 30.7 Å². The van der Waals surface area contributed by atoms with Gasteiger partial charge in [-0.2, -0.15) is 0 Å². The van der Waals surface area contributed by atoms with Crippen molar-refractivity contribution in [2.24, 2.45) is 5.92 Å². The van der Waals surface area contributed by atoms with E-state index in [0.717, 1.165) is 36.3 Å². The third kappa shape index (κ3) is 5.32. The van der Waals surface area contributed by atoms with E-state index in [2.05, 4.69) is 26.0 Å². The van der Waals surface area contributed by atoms with Crippen LogP contribution in [0.4, 0.5) is 0 Å². The molecule has 2 aliphatic heterocycles. The predicted octanol–water partition coefficient (Wildman–Crippen LogP) is 5.82. The second-order valence-corrected chi connectivity index (χ2v) is 10.2. The molecule has 196 valence electrons. The topological polar surface area (TPSA) is 70.4 Å². The number of para-hydroxylation sites is 1. The zero-order valence-corrected chi connectivity index (χ0v) is 21.8. The van der Waals surface area contributed by atoms with Crippen molar-refractivity contribution in [1.82, 2.24) is 4.90 Å². The summed E-state index contributed by atoms with van der Waals surface area (Å²) >= 11 is 0. The van der Waals surface area contributed by atoms with Crippen molar-refractivity contribution in [3.8, 4) is 17.2 Å². The molecule has 0 unspecified atom stereocenters. The van der Waals surface area contributed by atoms with Crippen LogP contribution >= 0.6 is 0 Å². The number of nitrogens with zero attached hydrogens (tertiary/aromatic N) is 1. The van der Waals surface area contributed by atoms with Gasteiger partial charge < -0.3 is 28.3 Å². The number of rotatable bonds is 9. The third-order valence-electron chi connectivity index (χ3n) is 7.62. The molecule has 2 aromatic carbocycles. The Morgan fingerprint density at radius 3 is 2.73 bits per heavy atom. The highest BCUT2D eigenvalue weighted by atomic mass is 16.7. The van der Waals surface area contributed by atoms with Crippen molar-refractivity contribution in [1.29, 1.82) is 0 Å². The maximum atomic E-state index is 13.6. The number of furan rings is 1. The molecule has 1 saturated heterocycles. The summed E-state index contributed by atoms with van der Waals surface area (Å²) in [6, 6.07) is 17.5. The molecule has 0 spiro atoms. The van der Waals surface area contributed by atoms with E-state index < -0.39 is 0 Å². The van der Waals surface area contributed by atoms with E-state index >= 15 is 0 Å². The van der Waals surface area contributed by atoms with Crippen LogP contribution in [0, 0.1) is 5.92 Å². The molecule has 37 heavy (non-hydrogen) atoms. The number of hydrogen-bond donors (Lipinski definition) is 0. The molecular weight excluding hydrogens is 470 g/mol. The van der Waals surface area contributed by atoms with Gasteiger partial charge >= 0.3 is 0 Å². The number of ether oxygens (including phenoxy) is 4. The molecule has 3 heterocycles. The van der Waals surface area contributed by atoms with E-state index in [1.165, 1.54) is 11.8 Å². The maximum Gasteiger partial charge on any atom is 0.289 e. The fraction of sp³-hybridized carbons (Fsp3) is 0.433. The van der Waals surface area contributed by atoms with Crippen molar-refractivity contribution in [3.63, 3.8) is 0 Å². The first kappa shape index (κ1) is 25.2. The predicted molar refractivity (Wildman–Crippen MR) is 139 cm³/mol. The van der Waals surface area contributed by atoms with Gasteiger partial charge in [0.05, 0.1) is 19.5 Å². The molecule has 0 bridgehead atoms. The fourth-order valence-electron chi connectivity index (χ4n) is 5.49. The third-order valence-corrected chi connectivity index (χ3v) is 7.62. The highest BCUT2D eigenvalue weighted by Crippen LogP contribution is 2.45. The van der Waals surface area contributed by atoms with Crippen LogP contribution < -0.4 is 14.2 Å². The number of fused-ring (bicyclic) bond motifs is 1. The van der Waals surface area contributed by atoms with Crippen LogP contribution in [0.15, 0.2) is 65.3 Å². The number of hydrogen-bond acceptors (Lipinski definition) is 6. The second-order valence-electron chi connectivity index (χ2n) is 10.2. The van der Waals surface area contributed by atoms with Gasteiger partial charge in [-0.1, -0.05) is 38.1 Å². The Labute approximate surface area is 218 Å². The first-order valence-corrected chi connectivity index (χ1v) is 13.0. The van der Waals surface area contributed by atoms with Gasteiger partial charge in [-0.15, -0.1) is 0 Å². The number of carbonyl (C=O) groups excluding carboxylic acids is 1. The summed E-state index contributed by atoms with van der Waals surface area (Å²) < 4.78 is 28.5. The zero-order chi connectivity index (χ0) is 25.8. The molecule has 0 saturated carbocycles. The lowest BCUT2D eigenvalue weighted by Crippen LogP contribution is -2.44. The van der Waals surface area contributed by atoms with E-state index in [1.807, 2.05) is 35.2 Å². The normalized spacial score (nSPS) is 20.7. The van der Waals surface area contributed by atoms with Gasteiger partial charge in [-0.3, -0.25) is 4.79 Å². The van der Waals surface area contributed by atoms with E-state index in [-0.39, 0.29) is 24.2 Å². The molecule has 1 amide bonds. The molecule has 7 nitrogen and oxygen atoms in total. The molecule has 0 N–H and O–H groups in total. The van der Waals surface area contributed by atoms with Gasteiger partial charge in [0.1, 0.15) is 5.75 Å². The summed E-state index contributed by atoms with van der Waals surface area (Å²) in [5, 5.41) is 0. The first-order chi connectivity index (χ1) is 18.0. The van der Waals surface area contributed by atoms with E-state index in [1.54, 1.807) is 19.2 Å². The quantitative estimate of drug-likeness (QED) is 0.365. The summed E-state index contributed by atoms with van der Waals surface area (Å²) in [6.07, 6.45) is 4.19. The molecule has 3 aromatic rings. The zero-order valence-electron chi connectivity index (χ0n) is 21.8. The van der Waals surface area contributed by atoms with E-state index in [4.69, 9.17) is 23.4 Å². The molecule has 0 radical (unpaired) electrons. The minimum absolute atomic E-state index is 0.134. The Morgan fingerprint density at radius 2 is 1.95 bits per heavy atom. The van der Waals surface area contributed by atoms with Crippen LogP contribution in [0.25, 0.3) is 0 Å². The summed E-state index contributed by atoms with van der Waals surface area (Å²) in [6.45, 7) is 6.29. The van der Waals surface area contributed by atoms with Crippen molar-refractivity contribution in [2.75, 3.05) is 27.1 Å². The van der Waals surface area contributed by atoms with Crippen LogP contribution in [-0.2, 0) is 16.7 Å². The molecule has 2 atom stereocenters. The minimum Gasteiger partial charge on any atom is -0.496 e. The van der Waals surface area contributed by atoms with Gasteiger partial charge in [0.25, 0.3) is 5.91 Å². The summed E-state index contributed by atoms with van der Waals surface area (Å²) in [5.74, 6) is 2.90. The van der Waals surface area contributed by atoms with E-state index in [9.17, 15) is 4.79 Å². The second kappa shape index (κ2) is 10.9. The SMILES string of the molecule is COc1ccccc1[C@]1(CCN(Cc2ccc3c(c2)OCO3)C(=O)c2ccco2)CCO[C@@H](C(C)C)C1. The Morgan fingerprint density at radius 1 is 1.11 bits per heavy atom. The van der Waals surface area contributed by atoms with E-state index in [0.29, 0.717) is 37.1 Å². The van der Waals surface area contributed by atoms with Crippen LogP contribution in [0.1, 0.15) is 54.8 Å². The Balaban J connectivity index is 1.45. The summed E-state index contributed by atoms with van der Waals surface area (Å²) in [5.41, 5.74) is 1.97. The Kier molecular flexibility index (Phi) is 7.42. The molecular formula is C30H35NO6. The lowest BCUT2D eigenvalue weighted by Gasteiger charge is -2.44. The lowest BCUT2D eigenvalue weighted by atomic mass is 9.68. The molecule has 1 aromatic heterocycles. The molecule has 1 fully saturated rings. The largest absolute Gasteiger partial charge is 0.496 e. The average Bonchev–Trinajstić information content (AvgIpc) is 3.63. The van der Waals surface area contributed by atoms with Gasteiger partial charge in [0.15, 0.2) is 17.3 Å². The maximum absolute atomic E-state index is 13.6. The number of carbonyl (C=O) groups is 1. The summed E-state index contributed by atoms with van der Waals surface area (Å²) in [4.78, 5) is 15.4.